The van der Waals surface area contributed by atoms with Gasteiger partial charge in [-0.15, -0.1) is 0 Å². The second-order valence-corrected chi connectivity index (χ2v) is 3.61. The minimum atomic E-state index is -0.00449. The zero-order valence-corrected chi connectivity index (χ0v) is 8.72. The molecule has 1 fully saturated rings. The predicted molar refractivity (Wildman–Crippen MR) is 55.6 cm³/mol. The summed E-state index contributed by atoms with van der Waals surface area (Å²) in [6.45, 7) is 1.43. The van der Waals surface area contributed by atoms with Crippen molar-refractivity contribution in [3.63, 3.8) is 0 Å². The third kappa shape index (κ3) is 2.15. The average Bonchev–Trinajstić information content (AvgIpc) is 2.78. The SMILES string of the molecule is CO[C@@H]1CCN(C(=O)c2ccccn2)C1. The highest BCUT2D eigenvalue weighted by Crippen LogP contribution is 2.14. The van der Waals surface area contributed by atoms with Gasteiger partial charge in [0.25, 0.3) is 5.91 Å². The van der Waals surface area contributed by atoms with Crippen LogP contribution in [0.5, 0.6) is 0 Å². The Morgan fingerprint density at radius 2 is 2.47 bits per heavy atom. The monoisotopic (exact) mass is 206 g/mol. The van der Waals surface area contributed by atoms with Crippen molar-refractivity contribution in [2.24, 2.45) is 0 Å². The average molecular weight is 206 g/mol. The number of carbonyl (C=O) groups excluding carboxylic acids is 1. The minimum Gasteiger partial charge on any atom is -0.380 e. The number of rotatable bonds is 2. The van der Waals surface area contributed by atoms with Gasteiger partial charge in [-0.25, -0.2) is 0 Å². The number of amides is 1. The van der Waals surface area contributed by atoms with E-state index in [0.29, 0.717) is 12.2 Å². The van der Waals surface area contributed by atoms with E-state index in [2.05, 4.69) is 4.98 Å². The molecule has 0 bridgehead atoms. The van der Waals surface area contributed by atoms with Crippen molar-refractivity contribution in [3.05, 3.63) is 30.1 Å². The molecule has 15 heavy (non-hydrogen) atoms. The summed E-state index contributed by atoms with van der Waals surface area (Å²) in [4.78, 5) is 17.7. The summed E-state index contributed by atoms with van der Waals surface area (Å²) < 4.78 is 5.21. The molecule has 0 saturated carbocycles. The van der Waals surface area contributed by atoms with Gasteiger partial charge in [0.1, 0.15) is 5.69 Å². The third-order valence-corrected chi connectivity index (χ3v) is 2.65. The van der Waals surface area contributed by atoms with Gasteiger partial charge in [0.05, 0.1) is 6.10 Å². The Labute approximate surface area is 88.9 Å². The molecule has 1 saturated heterocycles. The zero-order chi connectivity index (χ0) is 10.7. The molecule has 0 radical (unpaired) electrons. The van der Waals surface area contributed by atoms with Crippen molar-refractivity contribution in [2.75, 3.05) is 20.2 Å². The fourth-order valence-corrected chi connectivity index (χ4v) is 1.76. The van der Waals surface area contributed by atoms with E-state index in [4.69, 9.17) is 4.74 Å². The van der Waals surface area contributed by atoms with Crippen molar-refractivity contribution < 1.29 is 9.53 Å². The number of likely N-dealkylation sites (tertiary alicyclic amines) is 1. The lowest BCUT2D eigenvalue weighted by Gasteiger charge is -2.15. The van der Waals surface area contributed by atoms with E-state index < -0.39 is 0 Å². The van der Waals surface area contributed by atoms with E-state index in [-0.39, 0.29) is 12.0 Å². The first-order valence-electron chi connectivity index (χ1n) is 5.04. The van der Waals surface area contributed by atoms with Crippen LogP contribution in [-0.2, 0) is 4.74 Å². The van der Waals surface area contributed by atoms with Crippen LogP contribution in [0.4, 0.5) is 0 Å². The first kappa shape index (κ1) is 10.1. The highest BCUT2D eigenvalue weighted by molar-refractivity contribution is 5.92. The largest absolute Gasteiger partial charge is 0.380 e. The predicted octanol–water partition coefficient (Wildman–Crippen LogP) is 0.943. The summed E-state index contributed by atoms with van der Waals surface area (Å²) in [5, 5.41) is 0. The molecule has 1 aromatic heterocycles. The molecule has 1 aromatic rings. The molecule has 0 aliphatic carbocycles. The van der Waals surface area contributed by atoms with Gasteiger partial charge >= 0.3 is 0 Å². The number of aromatic nitrogens is 1. The number of hydrogen-bond donors (Lipinski definition) is 0. The second-order valence-electron chi connectivity index (χ2n) is 3.61. The molecule has 0 aromatic carbocycles. The zero-order valence-electron chi connectivity index (χ0n) is 8.72. The maximum atomic E-state index is 11.9. The van der Waals surface area contributed by atoms with Gasteiger partial charge in [-0.05, 0) is 18.6 Å². The highest BCUT2D eigenvalue weighted by atomic mass is 16.5. The van der Waals surface area contributed by atoms with Crippen molar-refractivity contribution in [1.82, 2.24) is 9.88 Å². The van der Waals surface area contributed by atoms with E-state index in [0.717, 1.165) is 13.0 Å². The molecule has 4 heteroatoms. The van der Waals surface area contributed by atoms with E-state index in [1.54, 1.807) is 30.3 Å². The molecule has 1 amide bonds. The molecule has 0 N–H and O–H groups in total. The summed E-state index contributed by atoms with van der Waals surface area (Å²) in [5.74, 6) is -0.00449. The quantitative estimate of drug-likeness (QED) is 0.723. The van der Waals surface area contributed by atoms with Gasteiger partial charge in [-0.3, -0.25) is 9.78 Å². The first-order valence-corrected chi connectivity index (χ1v) is 5.04. The maximum absolute atomic E-state index is 11.9. The Hall–Kier alpha value is -1.42. The Bertz CT molecular complexity index is 340. The van der Waals surface area contributed by atoms with Gasteiger partial charge in [0, 0.05) is 26.4 Å². The van der Waals surface area contributed by atoms with Crippen LogP contribution in [0.2, 0.25) is 0 Å². The van der Waals surface area contributed by atoms with Crippen LogP contribution in [0.3, 0.4) is 0 Å². The normalized spacial score (nSPS) is 20.6. The summed E-state index contributed by atoms with van der Waals surface area (Å²) in [6, 6.07) is 5.37. The highest BCUT2D eigenvalue weighted by Gasteiger charge is 2.26. The number of methoxy groups -OCH3 is 1. The van der Waals surface area contributed by atoms with Crippen LogP contribution >= 0.6 is 0 Å². The minimum absolute atomic E-state index is 0.00449. The van der Waals surface area contributed by atoms with Crippen molar-refractivity contribution >= 4 is 5.91 Å². The van der Waals surface area contributed by atoms with Gasteiger partial charge in [-0.2, -0.15) is 0 Å². The van der Waals surface area contributed by atoms with E-state index >= 15 is 0 Å². The van der Waals surface area contributed by atoms with Crippen LogP contribution in [0.15, 0.2) is 24.4 Å². The van der Waals surface area contributed by atoms with Crippen LogP contribution in [0.1, 0.15) is 16.9 Å². The van der Waals surface area contributed by atoms with Crippen LogP contribution in [0, 0.1) is 0 Å². The Balaban J connectivity index is 2.04. The van der Waals surface area contributed by atoms with Crippen LogP contribution in [0.25, 0.3) is 0 Å². The van der Waals surface area contributed by atoms with Gasteiger partial charge in [0.2, 0.25) is 0 Å². The second kappa shape index (κ2) is 4.40. The number of nitrogens with zero attached hydrogens (tertiary/aromatic N) is 2. The lowest BCUT2D eigenvalue weighted by Crippen LogP contribution is -2.30. The maximum Gasteiger partial charge on any atom is 0.272 e. The van der Waals surface area contributed by atoms with E-state index in [9.17, 15) is 4.79 Å². The molecular formula is C11H14N2O2. The molecular weight excluding hydrogens is 192 g/mol. The van der Waals surface area contributed by atoms with Crippen molar-refractivity contribution in [1.29, 1.82) is 0 Å². The lowest BCUT2D eigenvalue weighted by molar-refractivity contribution is 0.0719. The standard InChI is InChI=1S/C11H14N2O2/c1-15-9-5-7-13(8-9)11(14)10-4-2-3-6-12-10/h2-4,6,9H,5,7-8H2,1H3/t9-/m1/s1. The molecule has 1 atom stereocenters. The molecule has 1 aliphatic heterocycles. The smallest absolute Gasteiger partial charge is 0.272 e. The van der Waals surface area contributed by atoms with Crippen LogP contribution < -0.4 is 0 Å². The molecule has 2 rings (SSSR count). The first-order chi connectivity index (χ1) is 7.31. The van der Waals surface area contributed by atoms with Gasteiger partial charge < -0.3 is 9.64 Å². The van der Waals surface area contributed by atoms with Crippen molar-refractivity contribution in [3.8, 4) is 0 Å². The fourth-order valence-electron chi connectivity index (χ4n) is 1.76. The van der Waals surface area contributed by atoms with E-state index in [1.165, 1.54) is 0 Å². The number of hydrogen-bond acceptors (Lipinski definition) is 3. The lowest BCUT2D eigenvalue weighted by atomic mass is 10.3. The molecule has 4 nitrogen and oxygen atoms in total. The molecule has 0 spiro atoms. The molecule has 80 valence electrons. The Morgan fingerprint density at radius 3 is 3.07 bits per heavy atom. The Morgan fingerprint density at radius 1 is 1.60 bits per heavy atom. The molecule has 1 aliphatic rings. The molecule has 0 unspecified atom stereocenters. The summed E-state index contributed by atoms with van der Waals surface area (Å²) in [5.41, 5.74) is 0.509. The summed E-state index contributed by atoms with van der Waals surface area (Å²) >= 11 is 0. The number of ether oxygens (including phenoxy) is 1. The molecule has 2 heterocycles. The van der Waals surface area contributed by atoms with E-state index in [1.807, 2.05) is 6.07 Å². The summed E-state index contributed by atoms with van der Waals surface area (Å²) in [6.07, 6.45) is 2.73. The Kier molecular flexibility index (Phi) is 2.97. The summed E-state index contributed by atoms with van der Waals surface area (Å²) in [7, 11) is 1.68. The third-order valence-electron chi connectivity index (χ3n) is 2.65. The number of carbonyl (C=O) groups is 1. The number of pyridine rings is 1. The fraction of sp³-hybridized carbons (Fsp3) is 0.455. The van der Waals surface area contributed by atoms with Gasteiger partial charge in [0.15, 0.2) is 0 Å². The van der Waals surface area contributed by atoms with Crippen LogP contribution in [-0.4, -0.2) is 42.1 Å². The van der Waals surface area contributed by atoms with Crippen molar-refractivity contribution in [2.45, 2.75) is 12.5 Å². The topological polar surface area (TPSA) is 42.4 Å². The van der Waals surface area contributed by atoms with Gasteiger partial charge in [-0.1, -0.05) is 6.07 Å².